The maximum atomic E-state index is 12.7. The molecule has 24 heavy (non-hydrogen) atoms. The normalized spacial score (nSPS) is 15.0. The van der Waals surface area contributed by atoms with Gasteiger partial charge in [0, 0.05) is 25.3 Å². The van der Waals surface area contributed by atoms with Crippen LogP contribution in [0, 0.1) is 4.91 Å². The van der Waals surface area contributed by atoms with Crippen molar-refractivity contribution in [3.8, 4) is 0 Å². The van der Waals surface area contributed by atoms with Crippen LogP contribution < -0.4 is 5.32 Å². The van der Waals surface area contributed by atoms with Gasteiger partial charge in [0.2, 0.25) is 0 Å². The minimum atomic E-state index is -0.320. The minimum Gasteiger partial charge on any atom is -0.379 e. The van der Waals surface area contributed by atoms with E-state index < -0.39 is 0 Å². The van der Waals surface area contributed by atoms with Gasteiger partial charge in [-0.1, -0.05) is 30.3 Å². The number of anilines is 1. The second-order valence-corrected chi connectivity index (χ2v) is 5.61. The molecular formula is C18H19N3O3. The van der Waals surface area contributed by atoms with Crippen LogP contribution in [0.15, 0.2) is 53.7 Å². The number of hydrogen-bond donors (Lipinski definition) is 1. The summed E-state index contributed by atoms with van der Waals surface area (Å²) in [4.78, 5) is 26.1. The molecule has 1 aliphatic rings. The summed E-state index contributed by atoms with van der Waals surface area (Å²) in [6.45, 7) is 3.55. The number of nitrogens with one attached hydrogen (secondary N) is 1. The Morgan fingerprint density at radius 3 is 2.54 bits per heavy atom. The highest BCUT2D eigenvalue weighted by molar-refractivity contribution is 6.08. The van der Waals surface area contributed by atoms with E-state index in [4.69, 9.17) is 4.74 Å². The van der Waals surface area contributed by atoms with Crippen LogP contribution in [-0.2, 0) is 11.3 Å². The molecule has 1 amide bonds. The van der Waals surface area contributed by atoms with E-state index in [1.54, 1.807) is 24.3 Å². The zero-order valence-electron chi connectivity index (χ0n) is 13.3. The predicted molar refractivity (Wildman–Crippen MR) is 92.4 cm³/mol. The van der Waals surface area contributed by atoms with E-state index in [1.165, 1.54) is 0 Å². The van der Waals surface area contributed by atoms with E-state index in [0.29, 0.717) is 31.0 Å². The summed E-state index contributed by atoms with van der Waals surface area (Å²) >= 11 is 0. The summed E-state index contributed by atoms with van der Waals surface area (Å²) < 4.78 is 5.35. The van der Waals surface area contributed by atoms with Crippen molar-refractivity contribution in [1.29, 1.82) is 0 Å². The Balaban J connectivity index is 1.86. The highest BCUT2D eigenvalue weighted by atomic mass is 16.5. The van der Waals surface area contributed by atoms with Crippen LogP contribution in [-0.4, -0.2) is 37.1 Å². The molecule has 6 heteroatoms. The van der Waals surface area contributed by atoms with Crippen molar-refractivity contribution >= 4 is 17.3 Å². The second kappa shape index (κ2) is 7.81. The van der Waals surface area contributed by atoms with Gasteiger partial charge in [-0.15, -0.1) is 4.91 Å². The van der Waals surface area contributed by atoms with Crippen molar-refractivity contribution < 1.29 is 9.53 Å². The summed E-state index contributed by atoms with van der Waals surface area (Å²) in [6, 6.07) is 14.3. The Labute approximate surface area is 140 Å². The number of para-hydroxylation sites is 1. The van der Waals surface area contributed by atoms with E-state index >= 15 is 0 Å². The van der Waals surface area contributed by atoms with Gasteiger partial charge in [0.1, 0.15) is 5.69 Å². The highest BCUT2D eigenvalue weighted by Gasteiger charge is 2.20. The van der Waals surface area contributed by atoms with Gasteiger partial charge in [0.25, 0.3) is 5.91 Å². The molecule has 2 aromatic rings. The molecular weight excluding hydrogens is 306 g/mol. The van der Waals surface area contributed by atoms with Gasteiger partial charge >= 0.3 is 0 Å². The Kier molecular flexibility index (Phi) is 5.30. The zero-order chi connectivity index (χ0) is 16.8. The summed E-state index contributed by atoms with van der Waals surface area (Å²) in [7, 11) is 0. The third-order valence-corrected chi connectivity index (χ3v) is 3.98. The summed E-state index contributed by atoms with van der Waals surface area (Å²) in [6.07, 6.45) is 0. The maximum Gasteiger partial charge on any atom is 0.258 e. The molecule has 0 unspecified atom stereocenters. The number of rotatable bonds is 5. The molecule has 0 aromatic heterocycles. The smallest absolute Gasteiger partial charge is 0.258 e. The van der Waals surface area contributed by atoms with Crippen molar-refractivity contribution in [2.24, 2.45) is 5.18 Å². The molecule has 2 aromatic carbocycles. The van der Waals surface area contributed by atoms with E-state index in [9.17, 15) is 9.70 Å². The van der Waals surface area contributed by atoms with Gasteiger partial charge in [-0.25, -0.2) is 0 Å². The molecule has 124 valence electrons. The number of benzene rings is 2. The molecule has 0 saturated carbocycles. The zero-order valence-corrected chi connectivity index (χ0v) is 13.3. The van der Waals surface area contributed by atoms with E-state index in [1.807, 2.05) is 24.3 Å². The van der Waals surface area contributed by atoms with Gasteiger partial charge in [-0.2, -0.15) is 0 Å². The molecule has 0 spiro atoms. The van der Waals surface area contributed by atoms with Crippen LogP contribution in [0.2, 0.25) is 0 Å². The minimum absolute atomic E-state index is 0.161. The molecule has 1 saturated heterocycles. The summed E-state index contributed by atoms with van der Waals surface area (Å²) in [5.74, 6) is -0.320. The molecule has 1 N–H and O–H groups in total. The van der Waals surface area contributed by atoms with Crippen molar-refractivity contribution in [2.75, 3.05) is 31.6 Å². The number of carbonyl (C=O) groups excluding carboxylic acids is 1. The van der Waals surface area contributed by atoms with Crippen LogP contribution in [0.4, 0.5) is 11.4 Å². The Hall–Kier alpha value is -2.57. The van der Waals surface area contributed by atoms with Crippen LogP contribution in [0.5, 0.6) is 0 Å². The van der Waals surface area contributed by atoms with E-state index in [0.717, 1.165) is 18.7 Å². The highest BCUT2D eigenvalue weighted by Crippen LogP contribution is 2.25. The maximum absolute atomic E-state index is 12.7. The fraction of sp³-hybridized carbons (Fsp3) is 0.278. The first-order chi connectivity index (χ1) is 11.8. The predicted octanol–water partition coefficient (Wildman–Crippen LogP) is 3.17. The fourth-order valence-electron chi connectivity index (χ4n) is 2.77. The summed E-state index contributed by atoms with van der Waals surface area (Å²) in [5, 5.41) is 5.86. The number of amides is 1. The average Bonchev–Trinajstić information content (AvgIpc) is 2.63. The molecule has 3 rings (SSSR count). The molecule has 0 bridgehead atoms. The van der Waals surface area contributed by atoms with Crippen LogP contribution in [0.3, 0.4) is 0 Å². The lowest BCUT2D eigenvalue weighted by atomic mass is 10.0. The number of carbonyl (C=O) groups is 1. The van der Waals surface area contributed by atoms with Gasteiger partial charge in [-0.3, -0.25) is 9.69 Å². The third kappa shape index (κ3) is 3.84. The lowest BCUT2D eigenvalue weighted by Crippen LogP contribution is -2.36. The van der Waals surface area contributed by atoms with E-state index in [2.05, 4.69) is 15.4 Å². The number of nitroso groups, excluding NO2 is 1. The van der Waals surface area contributed by atoms with Crippen molar-refractivity contribution in [3.63, 3.8) is 0 Å². The SMILES string of the molecule is O=Nc1cccc(CN2CCOCC2)c1C(=O)Nc1ccccc1. The first-order valence-corrected chi connectivity index (χ1v) is 7.89. The molecule has 6 nitrogen and oxygen atoms in total. The van der Waals surface area contributed by atoms with Crippen LogP contribution in [0.1, 0.15) is 15.9 Å². The number of nitrogens with zero attached hydrogens (tertiary/aromatic N) is 2. The van der Waals surface area contributed by atoms with Gasteiger partial charge in [0.05, 0.1) is 18.8 Å². The standard InChI is InChI=1S/C18H19N3O3/c22-18(19-15-6-2-1-3-7-15)17-14(5-4-8-16(17)20-23)13-21-9-11-24-12-10-21/h1-8H,9-13H2,(H,19,22). The Bertz CT molecular complexity index is 713. The van der Waals surface area contributed by atoms with Gasteiger partial charge in [0.15, 0.2) is 0 Å². The third-order valence-electron chi connectivity index (χ3n) is 3.98. The van der Waals surface area contributed by atoms with Crippen molar-refractivity contribution in [1.82, 2.24) is 4.90 Å². The number of ether oxygens (including phenoxy) is 1. The lowest BCUT2D eigenvalue weighted by molar-refractivity contribution is 0.0341. The van der Waals surface area contributed by atoms with Crippen molar-refractivity contribution in [3.05, 3.63) is 64.6 Å². The lowest BCUT2D eigenvalue weighted by Gasteiger charge is -2.27. The van der Waals surface area contributed by atoms with Gasteiger partial charge < -0.3 is 10.1 Å². The largest absolute Gasteiger partial charge is 0.379 e. The first kappa shape index (κ1) is 16.3. The number of hydrogen-bond acceptors (Lipinski definition) is 5. The second-order valence-electron chi connectivity index (χ2n) is 5.61. The van der Waals surface area contributed by atoms with E-state index in [-0.39, 0.29) is 11.6 Å². The molecule has 1 aliphatic heterocycles. The molecule has 0 atom stereocenters. The quantitative estimate of drug-likeness (QED) is 0.857. The molecule has 0 aliphatic carbocycles. The summed E-state index contributed by atoms with van der Waals surface area (Å²) in [5.41, 5.74) is 1.97. The van der Waals surface area contributed by atoms with Crippen molar-refractivity contribution in [2.45, 2.75) is 6.54 Å². The first-order valence-electron chi connectivity index (χ1n) is 7.89. The Morgan fingerprint density at radius 2 is 1.83 bits per heavy atom. The monoisotopic (exact) mass is 325 g/mol. The number of morpholine rings is 1. The molecule has 1 fully saturated rings. The molecule has 0 radical (unpaired) electrons. The average molecular weight is 325 g/mol. The topological polar surface area (TPSA) is 71.0 Å². The van der Waals surface area contributed by atoms with Gasteiger partial charge in [-0.05, 0) is 28.9 Å². The Morgan fingerprint density at radius 1 is 1.08 bits per heavy atom. The van der Waals surface area contributed by atoms with Crippen LogP contribution >= 0.6 is 0 Å². The fourth-order valence-corrected chi connectivity index (χ4v) is 2.77. The van der Waals surface area contributed by atoms with Crippen LogP contribution in [0.25, 0.3) is 0 Å². The molecule has 1 heterocycles.